The lowest BCUT2D eigenvalue weighted by Crippen LogP contribution is -2.27. The molecule has 98 valence electrons. The lowest BCUT2D eigenvalue weighted by molar-refractivity contribution is 0.0792. The van der Waals surface area contributed by atoms with Crippen LogP contribution in [0.3, 0.4) is 0 Å². The molecule has 2 heterocycles. The highest BCUT2D eigenvalue weighted by Crippen LogP contribution is 2.15. The topological polar surface area (TPSA) is 45.2 Å². The van der Waals surface area contributed by atoms with Crippen LogP contribution in [0, 0.1) is 5.92 Å². The van der Waals surface area contributed by atoms with Crippen molar-refractivity contribution in [3.05, 3.63) is 24.0 Å². The Morgan fingerprint density at radius 1 is 1.39 bits per heavy atom. The third kappa shape index (κ3) is 3.22. The normalized spacial score (nSPS) is 15.2. The van der Waals surface area contributed by atoms with Crippen molar-refractivity contribution < 1.29 is 4.79 Å². The third-order valence-corrected chi connectivity index (χ3v) is 3.09. The molecule has 1 aliphatic heterocycles. The molecule has 0 unspecified atom stereocenters. The van der Waals surface area contributed by atoms with Crippen molar-refractivity contribution in [1.82, 2.24) is 9.88 Å². The molecule has 1 aromatic rings. The Balaban J connectivity index is 2.04. The molecule has 1 saturated heterocycles. The average molecular weight is 247 g/mol. The van der Waals surface area contributed by atoms with Crippen LogP contribution in [-0.2, 0) is 0 Å². The monoisotopic (exact) mass is 247 g/mol. The van der Waals surface area contributed by atoms with Crippen LogP contribution in [0.5, 0.6) is 0 Å². The van der Waals surface area contributed by atoms with Crippen molar-refractivity contribution in [2.75, 3.05) is 25.0 Å². The zero-order valence-corrected chi connectivity index (χ0v) is 11.1. The number of amides is 1. The van der Waals surface area contributed by atoms with Gasteiger partial charge in [0.2, 0.25) is 0 Å². The molecule has 0 atom stereocenters. The molecule has 4 heteroatoms. The summed E-state index contributed by atoms with van der Waals surface area (Å²) in [4.78, 5) is 18.2. The second kappa shape index (κ2) is 5.85. The van der Waals surface area contributed by atoms with E-state index in [1.807, 2.05) is 11.0 Å². The van der Waals surface area contributed by atoms with E-state index in [1.165, 1.54) is 0 Å². The van der Waals surface area contributed by atoms with Gasteiger partial charge >= 0.3 is 0 Å². The Morgan fingerprint density at radius 2 is 2.11 bits per heavy atom. The molecule has 18 heavy (non-hydrogen) atoms. The minimum absolute atomic E-state index is 0.105. The van der Waals surface area contributed by atoms with Gasteiger partial charge in [0, 0.05) is 32.0 Å². The van der Waals surface area contributed by atoms with Crippen LogP contribution < -0.4 is 5.32 Å². The number of nitrogens with one attached hydrogen (secondary N) is 1. The molecule has 1 fully saturated rings. The Kier molecular flexibility index (Phi) is 4.18. The number of carbonyl (C=O) groups excluding carboxylic acids is 1. The van der Waals surface area contributed by atoms with Crippen molar-refractivity contribution in [1.29, 1.82) is 0 Å². The Hall–Kier alpha value is -1.58. The first kappa shape index (κ1) is 12.9. The Morgan fingerprint density at radius 3 is 2.78 bits per heavy atom. The molecule has 1 N–H and O–H groups in total. The lowest BCUT2D eigenvalue weighted by Gasteiger charge is -2.16. The summed E-state index contributed by atoms with van der Waals surface area (Å²) < 4.78 is 0. The molecule has 1 amide bonds. The van der Waals surface area contributed by atoms with E-state index in [2.05, 4.69) is 24.1 Å². The van der Waals surface area contributed by atoms with Crippen molar-refractivity contribution >= 4 is 11.6 Å². The first-order valence-electron chi connectivity index (χ1n) is 6.65. The molecule has 1 aromatic heterocycles. The second-order valence-electron chi connectivity index (χ2n) is 5.24. The van der Waals surface area contributed by atoms with Gasteiger partial charge in [-0.2, -0.15) is 0 Å². The van der Waals surface area contributed by atoms with Gasteiger partial charge in [-0.25, -0.2) is 0 Å². The fourth-order valence-electron chi connectivity index (χ4n) is 2.08. The molecular weight excluding hydrogens is 226 g/mol. The van der Waals surface area contributed by atoms with E-state index in [1.54, 1.807) is 12.4 Å². The fraction of sp³-hybridized carbons (Fsp3) is 0.571. The minimum Gasteiger partial charge on any atom is -0.384 e. The van der Waals surface area contributed by atoms with Crippen molar-refractivity contribution in [2.24, 2.45) is 5.92 Å². The predicted molar refractivity (Wildman–Crippen MR) is 72.7 cm³/mol. The molecular formula is C14H21N3O. The SMILES string of the molecule is CC(C)CNc1cncc(C(=O)N2CCCC2)c1. The van der Waals surface area contributed by atoms with E-state index in [9.17, 15) is 4.79 Å². The van der Waals surface area contributed by atoms with Crippen LogP contribution in [0.15, 0.2) is 18.5 Å². The molecule has 0 aliphatic carbocycles. The molecule has 2 rings (SSSR count). The smallest absolute Gasteiger partial charge is 0.255 e. The summed E-state index contributed by atoms with van der Waals surface area (Å²) >= 11 is 0. The van der Waals surface area contributed by atoms with Crippen LogP contribution in [0.2, 0.25) is 0 Å². The summed E-state index contributed by atoms with van der Waals surface area (Å²) in [5, 5.41) is 3.30. The Bertz CT molecular complexity index is 411. The van der Waals surface area contributed by atoms with Gasteiger partial charge in [0.1, 0.15) is 0 Å². The Labute approximate surface area is 108 Å². The highest BCUT2D eigenvalue weighted by atomic mass is 16.2. The number of anilines is 1. The molecule has 0 spiro atoms. The molecule has 0 aromatic carbocycles. The summed E-state index contributed by atoms with van der Waals surface area (Å²) in [6.07, 6.45) is 5.65. The van der Waals surface area contributed by atoms with E-state index in [0.29, 0.717) is 11.5 Å². The third-order valence-electron chi connectivity index (χ3n) is 3.09. The van der Waals surface area contributed by atoms with Gasteiger partial charge in [-0.05, 0) is 24.8 Å². The van der Waals surface area contributed by atoms with Crippen LogP contribution in [-0.4, -0.2) is 35.4 Å². The zero-order chi connectivity index (χ0) is 13.0. The van der Waals surface area contributed by atoms with Gasteiger partial charge < -0.3 is 10.2 Å². The number of likely N-dealkylation sites (tertiary alicyclic amines) is 1. The molecule has 0 bridgehead atoms. The zero-order valence-electron chi connectivity index (χ0n) is 11.1. The van der Waals surface area contributed by atoms with E-state index in [-0.39, 0.29) is 5.91 Å². The van der Waals surface area contributed by atoms with Gasteiger partial charge in [-0.15, -0.1) is 0 Å². The van der Waals surface area contributed by atoms with Crippen LogP contribution in [0.25, 0.3) is 0 Å². The first-order chi connectivity index (χ1) is 8.66. The largest absolute Gasteiger partial charge is 0.384 e. The van der Waals surface area contributed by atoms with Gasteiger partial charge in [-0.3, -0.25) is 9.78 Å². The molecule has 1 aliphatic rings. The highest BCUT2D eigenvalue weighted by molar-refractivity contribution is 5.94. The van der Waals surface area contributed by atoms with Crippen LogP contribution in [0.1, 0.15) is 37.0 Å². The maximum Gasteiger partial charge on any atom is 0.255 e. The molecule has 4 nitrogen and oxygen atoms in total. The standard InChI is InChI=1S/C14H21N3O/c1-11(2)8-16-13-7-12(9-15-10-13)14(18)17-5-3-4-6-17/h7,9-11,16H,3-6,8H2,1-2H3. The van der Waals surface area contributed by atoms with Crippen LogP contribution in [0.4, 0.5) is 5.69 Å². The van der Waals surface area contributed by atoms with E-state index in [4.69, 9.17) is 0 Å². The number of aromatic nitrogens is 1. The van der Waals surface area contributed by atoms with Gasteiger partial charge in [0.25, 0.3) is 5.91 Å². The van der Waals surface area contributed by atoms with Gasteiger partial charge in [0.15, 0.2) is 0 Å². The summed E-state index contributed by atoms with van der Waals surface area (Å²) in [5.41, 5.74) is 1.61. The number of nitrogens with zero attached hydrogens (tertiary/aromatic N) is 2. The number of hydrogen-bond acceptors (Lipinski definition) is 3. The molecule has 0 radical (unpaired) electrons. The number of pyridine rings is 1. The van der Waals surface area contributed by atoms with E-state index in [0.717, 1.165) is 38.2 Å². The maximum atomic E-state index is 12.2. The van der Waals surface area contributed by atoms with Crippen molar-refractivity contribution in [3.8, 4) is 0 Å². The lowest BCUT2D eigenvalue weighted by atomic mass is 10.2. The summed E-state index contributed by atoms with van der Waals surface area (Å²) in [7, 11) is 0. The quantitative estimate of drug-likeness (QED) is 0.888. The fourth-order valence-corrected chi connectivity index (χ4v) is 2.08. The highest BCUT2D eigenvalue weighted by Gasteiger charge is 2.19. The van der Waals surface area contributed by atoms with Gasteiger partial charge in [0.05, 0.1) is 11.3 Å². The van der Waals surface area contributed by atoms with Crippen LogP contribution >= 0.6 is 0 Å². The average Bonchev–Trinajstić information content (AvgIpc) is 2.89. The van der Waals surface area contributed by atoms with Crippen molar-refractivity contribution in [3.63, 3.8) is 0 Å². The minimum atomic E-state index is 0.105. The van der Waals surface area contributed by atoms with E-state index < -0.39 is 0 Å². The molecule has 0 saturated carbocycles. The first-order valence-corrected chi connectivity index (χ1v) is 6.65. The van der Waals surface area contributed by atoms with E-state index >= 15 is 0 Å². The van der Waals surface area contributed by atoms with Gasteiger partial charge in [-0.1, -0.05) is 13.8 Å². The van der Waals surface area contributed by atoms with Crippen molar-refractivity contribution in [2.45, 2.75) is 26.7 Å². The number of rotatable bonds is 4. The maximum absolute atomic E-state index is 12.2. The summed E-state index contributed by atoms with van der Waals surface area (Å²) in [6.45, 7) is 6.95. The summed E-state index contributed by atoms with van der Waals surface area (Å²) in [6, 6.07) is 1.90. The second-order valence-corrected chi connectivity index (χ2v) is 5.24. The summed E-state index contributed by atoms with van der Waals surface area (Å²) in [5.74, 6) is 0.677. The number of hydrogen-bond donors (Lipinski definition) is 1. The number of carbonyl (C=O) groups is 1. The predicted octanol–water partition coefficient (Wildman–Crippen LogP) is 2.39.